The molecule has 6 atom stereocenters. The van der Waals surface area contributed by atoms with Crippen molar-refractivity contribution >= 4 is 64.0 Å². The van der Waals surface area contributed by atoms with E-state index in [1.54, 1.807) is 36.5 Å². The van der Waals surface area contributed by atoms with E-state index in [9.17, 15) is 38.4 Å². The number of carbonyl (C=O) groups is 8. The molecule has 13 N–H and O–H groups in total. The number of benzene rings is 2. The van der Waals surface area contributed by atoms with Crippen molar-refractivity contribution in [3.8, 4) is 0 Å². The summed E-state index contributed by atoms with van der Waals surface area (Å²) in [5.41, 5.74) is 13.7. The number of H-pyrrole nitrogens is 2. The Bertz CT molecular complexity index is 2350. The van der Waals surface area contributed by atoms with Crippen LogP contribution in [0.25, 0.3) is 10.9 Å². The molecule has 0 spiro atoms. The summed E-state index contributed by atoms with van der Waals surface area (Å²) in [5.74, 6) is -5.19. The third-order valence-electron chi connectivity index (χ3n) is 11.0. The highest BCUT2D eigenvalue weighted by Gasteiger charge is 2.34. The van der Waals surface area contributed by atoms with Gasteiger partial charge in [-0.2, -0.15) is 0 Å². The molecule has 3 heterocycles. The summed E-state index contributed by atoms with van der Waals surface area (Å²) in [6.07, 6.45) is 4.81. The number of hydrogen-bond acceptors (Lipinski definition) is 10. The van der Waals surface area contributed by atoms with E-state index in [1.165, 1.54) is 26.4 Å². The van der Waals surface area contributed by atoms with Gasteiger partial charge in [0.25, 0.3) is 0 Å². The standard InChI is InChI=1S/C45H59N13O8/c1-26(59)32-14-8-16-39(61)49-19-17-35(53-27(2)60)41(63)58-38(22-30-24-48-25-52-30)44(66)56-36(20-28-10-4-3-5-11-28)42(64)55-34(15-9-18-50-45(46)47)40(62)57-37(43(65)54-32)21-29-23-51-33-13-7-6-12-31(29)33/h3-7,10-13,23-25,32,34-38,51H,8-9,14-22H2,1-2H3,(H,48,52)(H,49,61)(H,53,60)(H,54,65)(H,55,64)(H,56,66)(H,57,62)(H,58,63)(H4,46,47,50)/t32-,34-,35-,36+,37-,38-/m0/s1. The lowest BCUT2D eigenvalue weighted by Gasteiger charge is -2.27. The van der Waals surface area contributed by atoms with Crippen LogP contribution in [0.15, 0.2) is 78.3 Å². The first kappa shape index (κ1) is 49.4. The molecule has 0 aliphatic carbocycles. The lowest BCUT2D eigenvalue weighted by molar-refractivity contribution is -0.135. The molecule has 2 aromatic heterocycles. The van der Waals surface area contributed by atoms with Gasteiger partial charge in [-0.05, 0) is 56.2 Å². The topological polar surface area (TPSA) is 330 Å². The van der Waals surface area contributed by atoms with Crippen LogP contribution in [-0.4, -0.2) is 117 Å². The summed E-state index contributed by atoms with van der Waals surface area (Å²) in [4.78, 5) is 124. The summed E-state index contributed by atoms with van der Waals surface area (Å²) in [5, 5.41) is 19.9. The predicted octanol–water partition coefficient (Wildman–Crippen LogP) is -0.820. The lowest BCUT2D eigenvalue weighted by Crippen LogP contribution is -2.60. The summed E-state index contributed by atoms with van der Waals surface area (Å²) in [6.45, 7) is 2.59. The number of aliphatic imine (C=N–C) groups is 1. The first-order chi connectivity index (χ1) is 31.7. The molecular formula is C45H59N13O8. The van der Waals surface area contributed by atoms with Crippen molar-refractivity contribution in [2.24, 2.45) is 16.5 Å². The molecule has 66 heavy (non-hydrogen) atoms. The summed E-state index contributed by atoms with van der Waals surface area (Å²) in [7, 11) is 0. The number of amides is 7. The normalized spacial score (nSPS) is 22.1. The molecule has 0 unspecified atom stereocenters. The Balaban J connectivity index is 1.53. The van der Waals surface area contributed by atoms with Gasteiger partial charge in [0.15, 0.2) is 11.7 Å². The van der Waals surface area contributed by atoms with Crippen LogP contribution in [0.2, 0.25) is 0 Å². The van der Waals surface area contributed by atoms with Gasteiger partial charge in [-0.15, -0.1) is 0 Å². The SMILES string of the molecule is CC(=O)N[C@H]1CCNC(=O)CCC[C@@H](C(C)=O)NC(=O)[C@H](Cc2c[nH]c3ccccc23)NC(=O)[C@H](CCCN=C(N)N)NC(=O)[C@@H](Cc2ccccc2)NC(=O)[C@H](Cc2cnc[nH]2)NC1=O. The third kappa shape index (κ3) is 15.3. The van der Waals surface area contributed by atoms with Gasteiger partial charge >= 0.3 is 0 Å². The van der Waals surface area contributed by atoms with E-state index >= 15 is 0 Å². The summed E-state index contributed by atoms with van der Waals surface area (Å²) >= 11 is 0. The molecule has 7 amide bonds. The molecule has 352 valence electrons. The van der Waals surface area contributed by atoms with Crippen LogP contribution < -0.4 is 48.7 Å². The number of imidazole rings is 1. The number of Topliss-reactive ketones (excluding diaryl/α,β-unsaturated/α-hetero) is 1. The number of hydrogen-bond donors (Lipinski definition) is 11. The number of nitrogens with zero attached hydrogens (tertiary/aromatic N) is 2. The van der Waals surface area contributed by atoms with Crippen LogP contribution in [-0.2, 0) is 57.6 Å². The minimum absolute atomic E-state index is 0.0110. The van der Waals surface area contributed by atoms with Gasteiger partial charge in [0.05, 0.1) is 12.4 Å². The van der Waals surface area contributed by atoms with E-state index in [2.05, 4.69) is 57.2 Å². The maximum absolute atomic E-state index is 14.5. The predicted molar refractivity (Wildman–Crippen MR) is 244 cm³/mol. The number of nitrogens with two attached hydrogens (primary N) is 2. The van der Waals surface area contributed by atoms with Crippen molar-refractivity contribution in [2.45, 2.75) is 108 Å². The van der Waals surface area contributed by atoms with E-state index in [-0.39, 0.29) is 82.6 Å². The van der Waals surface area contributed by atoms with E-state index in [0.29, 0.717) is 16.8 Å². The monoisotopic (exact) mass is 909 g/mol. The molecule has 5 rings (SSSR count). The second-order valence-electron chi connectivity index (χ2n) is 16.2. The second kappa shape index (κ2) is 24.5. The number of guanidine groups is 1. The fraction of sp³-hybridized carbons (Fsp3) is 0.422. The fourth-order valence-electron chi connectivity index (χ4n) is 7.55. The van der Waals surface area contributed by atoms with Gasteiger partial charge in [-0.1, -0.05) is 48.5 Å². The zero-order valence-corrected chi connectivity index (χ0v) is 37.0. The number of carbonyl (C=O) groups excluding carboxylic acids is 8. The van der Waals surface area contributed by atoms with E-state index in [1.807, 2.05) is 24.3 Å². The lowest BCUT2D eigenvalue weighted by atomic mass is 10.0. The van der Waals surface area contributed by atoms with E-state index in [4.69, 9.17) is 11.5 Å². The number of aromatic amines is 2. The zero-order chi connectivity index (χ0) is 47.6. The Morgan fingerprint density at radius 1 is 0.742 bits per heavy atom. The number of aromatic nitrogens is 3. The molecule has 1 aliphatic heterocycles. The van der Waals surface area contributed by atoms with Crippen LogP contribution in [0.1, 0.15) is 69.2 Å². The molecular weight excluding hydrogens is 851 g/mol. The van der Waals surface area contributed by atoms with Crippen LogP contribution in [0.3, 0.4) is 0 Å². The maximum atomic E-state index is 14.5. The quantitative estimate of drug-likeness (QED) is 0.0474. The van der Waals surface area contributed by atoms with Crippen LogP contribution in [0.4, 0.5) is 0 Å². The summed E-state index contributed by atoms with van der Waals surface area (Å²) in [6, 6.07) is 8.82. The highest BCUT2D eigenvalue weighted by atomic mass is 16.2. The van der Waals surface area contributed by atoms with Crippen molar-refractivity contribution in [1.29, 1.82) is 0 Å². The average molecular weight is 910 g/mol. The Kier molecular flexibility index (Phi) is 18.3. The van der Waals surface area contributed by atoms with Crippen molar-refractivity contribution in [2.75, 3.05) is 13.1 Å². The van der Waals surface area contributed by atoms with Crippen molar-refractivity contribution in [3.05, 3.63) is 90.1 Å². The maximum Gasteiger partial charge on any atom is 0.243 e. The molecule has 0 bridgehead atoms. The molecule has 1 fully saturated rings. The van der Waals surface area contributed by atoms with Crippen molar-refractivity contribution in [3.63, 3.8) is 0 Å². The number of ketones is 1. The van der Waals surface area contributed by atoms with E-state index < -0.39 is 77.6 Å². The molecule has 1 saturated heterocycles. The van der Waals surface area contributed by atoms with Crippen LogP contribution >= 0.6 is 0 Å². The Morgan fingerprint density at radius 3 is 2.06 bits per heavy atom. The molecule has 21 heteroatoms. The van der Waals surface area contributed by atoms with Gasteiger partial charge in [0.1, 0.15) is 30.2 Å². The molecule has 0 radical (unpaired) electrons. The number of para-hydroxylation sites is 1. The highest BCUT2D eigenvalue weighted by Crippen LogP contribution is 2.20. The molecule has 4 aromatic rings. The first-order valence-electron chi connectivity index (χ1n) is 21.8. The first-order valence-corrected chi connectivity index (χ1v) is 21.8. The third-order valence-corrected chi connectivity index (χ3v) is 11.0. The van der Waals surface area contributed by atoms with E-state index in [0.717, 1.165) is 10.9 Å². The number of fused-ring (bicyclic) bond motifs is 1. The second-order valence-corrected chi connectivity index (χ2v) is 16.2. The van der Waals surface area contributed by atoms with Crippen LogP contribution in [0, 0.1) is 0 Å². The average Bonchev–Trinajstić information content (AvgIpc) is 3.95. The van der Waals surface area contributed by atoms with Gasteiger partial charge in [0, 0.05) is 74.7 Å². The molecule has 0 saturated carbocycles. The van der Waals surface area contributed by atoms with Gasteiger partial charge < -0.3 is 58.7 Å². The number of rotatable bonds is 12. The zero-order valence-electron chi connectivity index (χ0n) is 37.0. The molecule has 21 nitrogen and oxygen atoms in total. The highest BCUT2D eigenvalue weighted by molar-refractivity contribution is 5.97. The Labute approximate surface area is 381 Å². The summed E-state index contributed by atoms with van der Waals surface area (Å²) < 4.78 is 0. The van der Waals surface area contributed by atoms with Crippen molar-refractivity contribution in [1.82, 2.24) is 52.2 Å². The van der Waals surface area contributed by atoms with Crippen LogP contribution in [0.5, 0.6) is 0 Å². The van der Waals surface area contributed by atoms with Gasteiger partial charge in [-0.3, -0.25) is 43.3 Å². The minimum Gasteiger partial charge on any atom is -0.370 e. The minimum atomic E-state index is -1.32. The molecule has 2 aromatic carbocycles. The molecule has 1 aliphatic rings. The van der Waals surface area contributed by atoms with Gasteiger partial charge in [-0.25, -0.2) is 4.98 Å². The smallest absolute Gasteiger partial charge is 0.243 e. The number of nitrogens with one attached hydrogen (secondary N) is 9. The Morgan fingerprint density at radius 2 is 1.38 bits per heavy atom. The largest absolute Gasteiger partial charge is 0.370 e. The van der Waals surface area contributed by atoms with Crippen molar-refractivity contribution < 1.29 is 38.4 Å². The fourth-order valence-corrected chi connectivity index (χ4v) is 7.55. The van der Waals surface area contributed by atoms with Gasteiger partial charge in [0.2, 0.25) is 41.4 Å². The Hall–Kier alpha value is -7.58.